The van der Waals surface area contributed by atoms with Crippen molar-refractivity contribution in [2.24, 2.45) is 34.5 Å². The summed E-state index contributed by atoms with van der Waals surface area (Å²) < 4.78 is 19.3. The van der Waals surface area contributed by atoms with Crippen LogP contribution < -0.4 is 0 Å². The molecule has 39 heavy (non-hydrogen) atoms. The molecule has 0 amide bonds. The smallest absolute Gasteiger partial charge is 0.309 e. The molecule has 0 aromatic carbocycles. The Kier molecular flexibility index (Phi) is 5.68. The second kappa shape index (κ2) is 8.11. The minimum absolute atomic E-state index is 0.0499. The minimum Gasteiger partial charge on any atom is -0.459 e. The van der Waals surface area contributed by atoms with Crippen molar-refractivity contribution in [3.05, 3.63) is 23.8 Å². The van der Waals surface area contributed by atoms with Gasteiger partial charge in [0.2, 0.25) is 5.79 Å². The average Bonchev–Trinajstić information content (AvgIpc) is 3.16. The predicted octanol–water partition coefficient (Wildman–Crippen LogP) is 3.43. The molecule has 0 radical (unpaired) electrons. The van der Waals surface area contributed by atoms with Crippen LogP contribution in [-0.4, -0.2) is 63.0 Å². The summed E-state index contributed by atoms with van der Waals surface area (Å²) in [7, 11) is 0. The van der Waals surface area contributed by atoms with E-state index in [2.05, 4.69) is 0 Å². The maximum atomic E-state index is 14.9. The fourth-order valence-corrected chi connectivity index (χ4v) is 9.86. The zero-order chi connectivity index (χ0) is 28.4. The first kappa shape index (κ1) is 27.3. The van der Waals surface area contributed by atoms with Crippen LogP contribution in [0.25, 0.3) is 0 Å². The third-order valence-electron chi connectivity index (χ3n) is 12.3. The van der Waals surface area contributed by atoms with Gasteiger partial charge < -0.3 is 24.4 Å². The van der Waals surface area contributed by atoms with E-state index >= 15 is 0 Å². The molecular formula is C31H42O8. The van der Waals surface area contributed by atoms with Crippen LogP contribution in [0.3, 0.4) is 0 Å². The topological polar surface area (TPSA) is 119 Å². The SMILES string of the molecule is CCO[C@@]1(C)C2C[C@@](C)(C3C(=O)[C@]4(O)O[C@@]31[C@](O)(CC)CCC1C4CC=C3CC=CC(=O)[C@@]31C)[C@@H](C)C(=O)O2. The van der Waals surface area contributed by atoms with Gasteiger partial charge in [-0.3, -0.25) is 14.4 Å². The Bertz CT molecular complexity index is 1210. The van der Waals surface area contributed by atoms with Crippen LogP contribution in [-0.2, 0) is 28.6 Å². The van der Waals surface area contributed by atoms with Gasteiger partial charge in [-0.25, -0.2) is 0 Å². The van der Waals surface area contributed by atoms with Crippen molar-refractivity contribution in [3.8, 4) is 0 Å². The van der Waals surface area contributed by atoms with E-state index in [4.69, 9.17) is 14.2 Å². The van der Waals surface area contributed by atoms with Crippen LogP contribution >= 0.6 is 0 Å². The van der Waals surface area contributed by atoms with Crippen LogP contribution in [0.5, 0.6) is 0 Å². The quantitative estimate of drug-likeness (QED) is 0.411. The molecule has 1 spiro atoms. The van der Waals surface area contributed by atoms with Crippen molar-refractivity contribution >= 4 is 17.5 Å². The number of carbonyl (C=O) groups excluding carboxylic acids is 3. The van der Waals surface area contributed by atoms with Crippen molar-refractivity contribution in [1.29, 1.82) is 0 Å². The number of allylic oxidation sites excluding steroid dienone is 4. The highest BCUT2D eigenvalue weighted by Gasteiger charge is 2.86. The molecule has 0 aromatic heterocycles. The summed E-state index contributed by atoms with van der Waals surface area (Å²) in [6, 6.07) is 0. The van der Waals surface area contributed by atoms with Gasteiger partial charge in [-0.15, -0.1) is 0 Å². The predicted molar refractivity (Wildman–Crippen MR) is 140 cm³/mol. The van der Waals surface area contributed by atoms with Gasteiger partial charge in [0.1, 0.15) is 17.3 Å². The lowest BCUT2D eigenvalue weighted by Crippen LogP contribution is -2.81. The average molecular weight is 543 g/mol. The standard InChI is InChI=1S/C31H42O8/c1-7-29(35)15-14-19-20(13-12-18-10-9-11-21(32)27(18,19)5)30(36)24(33)23-26(4)16-22(38-25(34)17(26)3)28(6,37-8-2)31(23,29)39-30/h9,11-12,17,19-20,22-23,35-36H,7-8,10,13-16H2,1-6H3/t17-,19?,20?,22?,23?,26+,27-,28-,29-,30+,31-/m0/s1. The highest BCUT2D eigenvalue weighted by atomic mass is 16.7. The third kappa shape index (κ3) is 2.87. The first-order valence-corrected chi connectivity index (χ1v) is 14.7. The van der Waals surface area contributed by atoms with Crippen LogP contribution in [0.2, 0.25) is 0 Å². The van der Waals surface area contributed by atoms with E-state index in [9.17, 15) is 24.6 Å². The number of rotatable bonds is 3. The highest BCUT2D eigenvalue weighted by Crippen LogP contribution is 2.71. The number of Topliss-reactive ketones (excluding diaryl/α,β-unsaturated/α-hetero) is 1. The summed E-state index contributed by atoms with van der Waals surface area (Å²) in [5.74, 6) is -6.04. The number of hydrogen-bond acceptors (Lipinski definition) is 8. The Hall–Kier alpha value is -1.87. The molecule has 3 saturated heterocycles. The molecule has 8 heteroatoms. The van der Waals surface area contributed by atoms with Crippen molar-refractivity contribution in [2.45, 2.75) is 109 Å². The van der Waals surface area contributed by atoms with Crippen LogP contribution in [0.4, 0.5) is 0 Å². The summed E-state index contributed by atoms with van der Waals surface area (Å²) in [6.45, 7) is 11.2. The van der Waals surface area contributed by atoms with Gasteiger partial charge in [-0.2, -0.15) is 0 Å². The molecule has 0 aromatic rings. The lowest BCUT2D eigenvalue weighted by Gasteiger charge is -2.67. The fraction of sp³-hybridized carbons (Fsp3) is 0.774. The molecular weight excluding hydrogens is 500 g/mol. The Morgan fingerprint density at radius 1 is 1.10 bits per heavy atom. The minimum atomic E-state index is -2.27. The number of esters is 1. The zero-order valence-corrected chi connectivity index (χ0v) is 23.9. The maximum Gasteiger partial charge on any atom is 0.309 e. The van der Waals surface area contributed by atoms with Gasteiger partial charge in [0, 0.05) is 12.5 Å². The molecule has 11 atom stereocenters. The Morgan fingerprint density at radius 2 is 1.82 bits per heavy atom. The molecule has 214 valence electrons. The van der Waals surface area contributed by atoms with Gasteiger partial charge in [0.05, 0.1) is 22.9 Å². The van der Waals surface area contributed by atoms with Gasteiger partial charge >= 0.3 is 5.97 Å². The van der Waals surface area contributed by atoms with Crippen LogP contribution in [0.15, 0.2) is 23.8 Å². The molecule has 1 saturated carbocycles. The molecule has 6 aliphatic rings. The van der Waals surface area contributed by atoms with Gasteiger partial charge in [-0.05, 0) is 76.7 Å². The summed E-state index contributed by atoms with van der Waals surface area (Å²) in [5, 5.41) is 25.4. The number of aliphatic hydroxyl groups is 2. The monoisotopic (exact) mass is 542 g/mol. The number of carbonyl (C=O) groups is 3. The van der Waals surface area contributed by atoms with Crippen molar-refractivity contribution in [1.82, 2.24) is 0 Å². The van der Waals surface area contributed by atoms with Crippen molar-refractivity contribution in [2.75, 3.05) is 6.61 Å². The number of fused-ring (bicyclic) bond motifs is 8. The lowest BCUT2D eigenvalue weighted by atomic mass is 9.45. The summed E-state index contributed by atoms with van der Waals surface area (Å²) in [4.78, 5) is 41.5. The molecule has 4 bridgehead atoms. The first-order chi connectivity index (χ1) is 18.2. The summed E-state index contributed by atoms with van der Waals surface area (Å²) in [5.41, 5.74) is -5.53. The molecule has 3 heterocycles. The van der Waals surface area contributed by atoms with E-state index in [0.29, 0.717) is 25.7 Å². The van der Waals surface area contributed by atoms with Crippen molar-refractivity contribution < 1.29 is 38.8 Å². The van der Waals surface area contributed by atoms with E-state index in [1.165, 1.54) is 0 Å². The number of hydrogen-bond donors (Lipinski definition) is 2. The number of ketones is 2. The highest BCUT2D eigenvalue weighted by molar-refractivity contribution is 5.99. The fourth-order valence-electron chi connectivity index (χ4n) is 9.86. The van der Waals surface area contributed by atoms with Gasteiger partial charge in [0.15, 0.2) is 11.6 Å². The Balaban J connectivity index is 1.63. The lowest BCUT2D eigenvalue weighted by molar-refractivity contribution is -0.388. The van der Waals surface area contributed by atoms with E-state index in [1.54, 1.807) is 19.9 Å². The molecule has 4 unspecified atom stereocenters. The molecule has 3 aliphatic carbocycles. The van der Waals surface area contributed by atoms with E-state index < -0.39 is 74.9 Å². The Labute approximate surface area is 230 Å². The molecule has 2 N–H and O–H groups in total. The molecule has 8 nitrogen and oxygen atoms in total. The van der Waals surface area contributed by atoms with Gasteiger partial charge in [-0.1, -0.05) is 38.5 Å². The molecule has 3 aliphatic heterocycles. The third-order valence-corrected chi connectivity index (χ3v) is 12.3. The molecule has 4 fully saturated rings. The summed E-state index contributed by atoms with van der Waals surface area (Å²) in [6.07, 6.45) is 6.97. The van der Waals surface area contributed by atoms with E-state index in [1.807, 2.05) is 39.8 Å². The normalized spacial score (nSPS) is 54.1. The Morgan fingerprint density at radius 3 is 2.49 bits per heavy atom. The van der Waals surface area contributed by atoms with Crippen LogP contribution in [0, 0.1) is 34.5 Å². The number of ether oxygens (including phenoxy) is 3. The zero-order valence-electron chi connectivity index (χ0n) is 23.9. The van der Waals surface area contributed by atoms with Gasteiger partial charge in [0.25, 0.3) is 0 Å². The largest absolute Gasteiger partial charge is 0.459 e. The van der Waals surface area contributed by atoms with Crippen molar-refractivity contribution in [3.63, 3.8) is 0 Å². The second-order valence-corrected chi connectivity index (χ2v) is 13.5. The molecule has 6 rings (SSSR count). The maximum absolute atomic E-state index is 14.9. The van der Waals surface area contributed by atoms with Crippen LogP contribution in [0.1, 0.15) is 80.1 Å². The van der Waals surface area contributed by atoms with E-state index in [-0.39, 0.29) is 25.2 Å². The van der Waals surface area contributed by atoms with E-state index in [0.717, 1.165) is 5.57 Å². The first-order valence-electron chi connectivity index (χ1n) is 14.7. The second-order valence-electron chi connectivity index (χ2n) is 13.5. The summed E-state index contributed by atoms with van der Waals surface area (Å²) >= 11 is 0.